The zero-order chi connectivity index (χ0) is 19.2. The van der Waals surface area contributed by atoms with E-state index in [1.165, 1.54) is 64.2 Å². The van der Waals surface area contributed by atoms with Crippen molar-refractivity contribution < 1.29 is 14.3 Å². The number of hydrogen-bond donors (Lipinski definition) is 1. The van der Waals surface area contributed by atoms with Crippen molar-refractivity contribution in [2.75, 3.05) is 19.8 Å². The van der Waals surface area contributed by atoms with Gasteiger partial charge < -0.3 is 14.8 Å². The van der Waals surface area contributed by atoms with E-state index < -0.39 is 0 Å². The summed E-state index contributed by atoms with van der Waals surface area (Å²) in [6.07, 6.45) is 13.2. The van der Waals surface area contributed by atoms with Gasteiger partial charge in [-0.3, -0.25) is 4.79 Å². The molecule has 4 heteroatoms. The maximum atomic E-state index is 11.5. The van der Waals surface area contributed by atoms with Gasteiger partial charge in [0.15, 0.2) is 0 Å². The van der Waals surface area contributed by atoms with Gasteiger partial charge in [-0.2, -0.15) is 0 Å². The van der Waals surface area contributed by atoms with E-state index in [-0.39, 0.29) is 18.1 Å². The van der Waals surface area contributed by atoms with Gasteiger partial charge in [-0.25, -0.2) is 0 Å². The van der Waals surface area contributed by atoms with E-state index in [0.29, 0.717) is 18.4 Å². The molecule has 4 nitrogen and oxygen atoms in total. The molecular weight excluding hydrogens is 326 g/mol. The highest BCUT2D eigenvalue weighted by Crippen LogP contribution is 2.25. The van der Waals surface area contributed by atoms with E-state index in [9.17, 15) is 4.79 Å². The summed E-state index contributed by atoms with van der Waals surface area (Å²) in [7, 11) is 0. The van der Waals surface area contributed by atoms with E-state index in [2.05, 4.69) is 12.2 Å². The minimum absolute atomic E-state index is 0.00202. The molecule has 2 unspecified atom stereocenters. The van der Waals surface area contributed by atoms with Gasteiger partial charge in [0.05, 0.1) is 18.8 Å². The zero-order valence-corrected chi connectivity index (χ0v) is 17.7. The first-order valence-corrected chi connectivity index (χ1v) is 11.1. The van der Waals surface area contributed by atoms with E-state index in [1.807, 2.05) is 13.8 Å². The van der Waals surface area contributed by atoms with Gasteiger partial charge in [0.25, 0.3) is 0 Å². The minimum atomic E-state index is -0.0466. The molecule has 2 rings (SSSR count). The van der Waals surface area contributed by atoms with E-state index in [0.717, 1.165) is 13.2 Å². The molecule has 0 radical (unpaired) electrons. The van der Waals surface area contributed by atoms with Crippen LogP contribution >= 0.6 is 0 Å². The van der Waals surface area contributed by atoms with Crippen LogP contribution in [0.5, 0.6) is 0 Å². The average molecular weight is 370 g/mol. The average Bonchev–Trinajstić information content (AvgIpc) is 2.68. The summed E-state index contributed by atoms with van der Waals surface area (Å²) >= 11 is 0. The Labute approximate surface area is 161 Å². The summed E-state index contributed by atoms with van der Waals surface area (Å²) in [5, 5.41) is 3.02. The van der Waals surface area contributed by atoms with Crippen molar-refractivity contribution in [2.24, 2.45) is 11.8 Å². The maximum Gasteiger partial charge on any atom is 0.217 e. The number of ether oxygens (including phenoxy) is 2. The zero-order valence-electron chi connectivity index (χ0n) is 17.7. The number of carbonyl (C=O) groups is 1. The second-order valence-electron chi connectivity index (χ2n) is 7.89. The fraction of sp³-hybridized carbons (Fsp3) is 0.955. The summed E-state index contributed by atoms with van der Waals surface area (Å²) in [4.78, 5) is 11.5. The van der Waals surface area contributed by atoms with Gasteiger partial charge in [0.2, 0.25) is 5.91 Å². The molecule has 0 bridgehead atoms. The van der Waals surface area contributed by atoms with Crippen molar-refractivity contribution in [3.8, 4) is 0 Å². The highest BCUT2D eigenvalue weighted by atomic mass is 16.5. The van der Waals surface area contributed by atoms with Crippen molar-refractivity contribution in [1.82, 2.24) is 5.32 Å². The van der Waals surface area contributed by atoms with Crippen LogP contribution in [0.25, 0.3) is 0 Å². The molecule has 154 valence electrons. The molecule has 0 saturated heterocycles. The van der Waals surface area contributed by atoms with Crippen LogP contribution in [-0.2, 0) is 14.3 Å². The maximum absolute atomic E-state index is 11.5. The highest BCUT2D eigenvalue weighted by molar-refractivity contribution is 5.73. The minimum Gasteiger partial charge on any atom is -0.379 e. The Bertz CT molecular complexity index is 349. The Morgan fingerprint density at radius 3 is 1.92 bits per heavy atom. The Balaban J connectivity index is 0.00000163. The number of carbonyl (C=O) groups excluding carboxylic acids is 1. The standard InChI is InChI=1S/C20H37NO3.C2H6/c1-16(24-14-19-11-7-4-8-12-19)20(21-17(2)22)15-23-13-18-9-5-3-6-10-18;1-2/h16,18-20H,3-15H2,1-2H3,(H,21,22);1-2H3. The molecule has 2 aliphatic rings. The molecule has 2 aliphatic carbocycles. The lowest BCUT2D eigenvalue weighted by Gasteiger charge is -2.29. The van der Waals surface area contributed by atoms with Gasteiger partial charge in [0.1, 0.15) is 0 Å². The Hall–Kier alpha value is -0.610. The first kappa shape index (κ1) is 23.4. The lowest BCUT2D eigenvalue weighted by Crippen LogP contribution is -2.46. The normalized spacial score (nSPS) is 21.4. The van der Waals surface area contributed by atoms with Crippen molar-refractivity contribution in [3.63, 3.8) is 0 Å². The molecule has 1 amide bonds. The van der Waals surface area contributed by atoms with E-state index in [4.69, 9.17) is 9.47 Å². The van der Waals surface area contributed by atoms with Crippen molar-refractivity contribution in [3.05, 3.63) is 0 Å². The summed E-state index contributed by atoms with van der Waals surface area (Å²) in [5.74, 6) is 1.40. The van der Waals surface area contributed by atoms with Crippen LogP contribution in [0.15, 0.2) is 0 Å². The quantitative estimate of drug-likeness (QED) is 0.615. The van der Waals surface area contributed by atoms with Gasteiger partial charge in [-0.15, -0.1) is 0 Å². The van der Waals surface area contributed by atoms with Crippen LogP contribution in [0, 0.1) is 11.8 Å². The number of amides is 1. The molecule has 0 aromatic rings. The summed E-state index contributed by atoms with van der Waals surface area (Å²) < 4.78 is 12.0. The molecule has 0 spiro atoms. The van der Waals surface area contributed by atoms with E-state index >= 15 is 0 Å². The number of hydrogen-bond acceptors (Lipinski definition) is 3. The smallest absolute Gasteiger partial charge is 0.217 e. The third-order valence-corrected chi connectivity index (χ3v) is 5.65. The Morgan fingerprint density at radius 1 is 0.923 bits per heavy atom. The molecule has 1 N–H and O–H groups in total. The molecule has 0 heterocycles. The first-order valence-electron chi connectivity index (χ1n) is 11.1. The predicted octanol–water partition coefficient (Wildman–Crippen LogP) is 5.10. The van der Waals surface area contributed by atoms with Crippen LogP contribution in [-0.4, -0.2) is 37.9 Å². The molecular formula is C22H43NO3. The van der Waals surface area contributed by atoms with Crippen LogP contribution in [0.1, 0.15) is 91.9 Å². The van der Waals surface area contributed by atoms with Crippen LogP contribution < -0.4 is 5.32 Å². The van der Waals surface area contributed by atoms with Crippen molar-refractivity contribution in [2.45, 2.75) is 104 Å². The second kappa shape index (κ2) is 14.4. The Morgan fingerprint density at radius 2 is 1.42 bits per heavy atom. The predicted molar refractivity (Wildman–Crippen MR) is 108 cm³/mol. The van der Waals surface area contributed by atoms with E-state index in [1.54, 1.807) is 6.92 Å². The summed E-state index contributed by atoms with van der Waals surface area (Å²) in [6, 6.07) is -0.0466. The number of nitrogens with one attached hydrogen (secondary N) is 1. The molecule has 0 aromatic carbocycles. The van der Waals surface area contributed by atoms with Crippen LogP contribution in [0.3, 0.4) is 0 Å². The Kier molecular flexibility index (Phi) is 13.0. The van der Waals surface area contributed by atoms with Crippen molar-refractivity contribution >= 4 is 5.91 Å². The van der Waals surface area contributed by atoms with Gasteiger partial charge in [-0.05, 0) is 44.4 Å². The molecule has 2 atom stereocenters. The lowest BCUT2D eigenvalue weighted by atomic mass is 9.90. The fourth-order valence-corrected chi connectivity index (χ4v) is 4.03. The SMILES string of the molecule is CC.CC(=O)NC(COCC1CCCCC1)C(C)OCC1CCCCC1. The summed E-state index contributed by atoms with van der Waals surface area (Å²) in [6.45, 7) is 9.84. The third kappa shape index (κ3) is 9.91. The monoisotopic (exact) mass is 369 g/mol. The molecule has 2 fully saturated rings. The summed E-state index contributed by atoms with van der Waals surface area (Å²) in [5.41, 5.74) is 0. The van der Waals surface area contributed by atoms with Gasteiger partial charge in [-0.1, -0.05) is 52.4 Å². The lowest BCUT2D eigenvalue weighted by molar-refractivity contribution is -0.122. The fourth-order valence-electron chi connectivity index (χ4n) is 4.03. The first-order chi connectivity index (χ1) is 12.6. The number of rotatable bonds is 9. The second-order valence-corrected chi connectivity index (χ2v) is 7.89. The van der Waals surface area contributed by atoms with Gasteiger partial charge >= 0.3 is 0 Å². The highest BCUT2D eigenvalue weighted by Gasteiger charge is 2.22. The van der Waals surface area contributed by atoms with Crippen molar-refractivity contribution in [1.29, 1.82) is 0 Å². The van der Waals surface area contributed by atoms with Crippen LogP contribution in [0.2, 0.25) is 0 Å². The molecule has 0 aromatic heterocycles. The topological polar surface area (TPSA) is 47.6 Å². The third-order valence-electron chi connectivity index (χ3n) is 5.65. The molecule has 26 heavy (non-hydrogen) atoms. The molecule has 0 aliphatic heterocycles. The largest absolute Gasteiger partial charge is 0.379 e. The van der Waals surface area contributed by atoms with Crippen LogP contribution in [0.4, 0.5) is 0 Å². The van der Waals surface area contributed by atoms with Gasteiger partial charge in [0, 0.05) is 20.1 Å². The molecule has 2 saturated carbocycles.